The molecule has 0 amide bonds. The standard InChI is InChI=1S/2C15H13.2CH4O3S.2Zr/c2*1-10-3-5-14-12(7-10)9-13-8-11(2)4-6-15(13)14;2*1-5(2,3)4;;/h2*3-9H,1-2H3;2*1H3,(H,2,3,4);;/q2*-1;;;2*+2/p-2. The maximum Gasteiger partial charge on any atom is 2.00 e. The van der Waals surface area contributed by atoms with E-state index in [4.69, 9.17) is 25.9 Å². The predicted molar refractivity (Wildman–Crippen MR) is 164 cm³/mol. The molecule has 0 heterocycles. The molecule has 0 atom stereocenters. The van der Waals surface area contributed by atoms with Crippen LogP contribution in [0.25, 0.3) is 43.1 Å². The normalized spacial score (nSPS) is 10.9. The van der Waals surface area contributed by atoms with Gasteiger partial charge in [-0.2, -0.15) is 0 Å². The minimum Gasteiger partial charge on any atom is -0.748 e. The molecule has 6 aromatic rings. The fraction of sp³-hybridized carbons (Fsp3) is 0.188. The summed E-state index contributed by atoms with van der Waals surface area (Å²) < 4.78 is 54.5. The van der Waals surface area contributed by atoms with Gasteiger partial charge in [-0.1, -0.05) is 70.8 Å². The van der Waals surface area contributed by atoms with Crippen molar-refractivity contribution in [2.45, 2.75) is 27.7 Å². The largest absolute Gasteiger partial charge is 2.00 e. The van der Waals surface area contributed by atoms with Gasteiger partial charge in [-0.15, -0.1) is 79.5 Å². The second-order valence-corrected chi connectivity index (χ2v) is 12.9. The van der Waals surface area contributed by atoms with Crippen molar-refractivity contribution in [1.29, 1.82) is 0 Å². The molecule has 0 radical (unpaired) electrons. The average molecular weight is 759 g/mol. The summed E-state index contributed by atoms with van der Waals surface area (Å²) in [5.41, 5.74) is 5.31. The van der Waals surface area contributed by atoms with E-state index in [0.717, 1.165) is 0 Å². The molecule has 0 saturated heterocycles. The summed E-state index contributed by atoms with van der Waals surface area (Å²) in [4.78, 5) is 0. The molecule has 6 aromatic carbocycles. The zero-order valence-electron chi connectivity index (χ0n) is 24.3. The molecule has 0 N–H and O–H groups in total. The third kappa shape index (κ3) is 12.1. The molecule has 6 rings (SSSR count). The molecule has 216 valence electrons. The van der Waals surface area contributed by atoms with Crippen LogP contribution in [0.4, 0.5) is 0 Å². The smallest absolute Gasteiger partial charge is 0.748 e. The van der Waals surface area contributed by atoms with E-state index in [2.05, 4.69) is 113 Å². The molecule has 0 saturated carbocycles. The molecular weight excluding hydrogens is 727 g/mol. The summed E-state index contributed by atoms with van der Waals surface area (Å²) in [6.07, 6.45) is 1.21. The summed E-state index contributed by atoms with van der Waals surface area (Å²) in [5, 5.41) is 10.9. The van der Waals surface area contributed by atoms with E-state index >= 15 is 0 Å². The van der Waals surface area contributed by atoms with E-state index in [-0.39, 0.29) is 52.4 Å². The minimum absolute atomic E-state index is 0. The van der Waals surface area contributed by atoms with Crippen LogP contribution in [0.5, 0.6) is 0 Å². The van der Waals surface area contributed by atoms with Crippen molar-refractivity contribution in [1.82, 2.24) is 0 Å². The maximum absolute atomic E-state index is 9.08. The van der Waals surface area contributed by atoms with Gasteiger partial charge in [-0.3, -0.25) is 0 Å². The van der Waals surface area contributed by atoms with Crippen LogP contribution >= 0.6 is 0 Å². The van der Waals surface area contributed by atoms with Crippen LogP contribution < -0.4 is 0 Å². The van der Waals surface area contributed by atoms with Crippen LogP contribution in [0.2, 0.25) is 0 Å². The van der Waals surface area contributed by atoms with Crippen LogP contribution in [-0.2, 0) is 72.6 Å². The Labute approximate surface area is 286 Å². The molecule has 0 spiro atoms. The summed E-state index contributed by atoms with van der Waals surface area (Å²) in [7, 11) is -7.83. The second kappa shape index (κ2) is 15.8. The van der Waals surface area contributed by atoms with Gasteiger partial charge in [0.05, 0.1) is 20.2 Å². The topological polar surface area (TPSA) is 114 Å². The van der Waals surface area contributed by atoms with E-state index < -0.39 is 20.2 Å². The molecule has 0 fully saturated rings. The average Bonchev–Trinajstić information content (AvgIpc) is 3.32. The summed E-state index contributed by atoms with van der Waals surface area (Å²) in [6, 6.07) is 31.2. The molecule has 0 unspecified atom stereocenters. The van der Waals surface area contributed by atoms with E-state index in [9.17, 15) is 0 Å². The fourth-order valence-electron chi connectivity index (χ4n) is 4.52. The Morgan fingerprint density at radius 2 is 0.619 bits per heavy atom. The Morgan fingerprint density at radius 1 is 0.452 bits per heavy atom. The first-order chi connectivity index (χ1) is 18.5. The van der Waals surface area contributed by atoms with Crippen molar-refractivity contribution in [3.63, 3.8) is 0 Å². The van der Waals surface area contributed by atoms with E-state index in [0.29, 0.717) is 12.5 Å². The first-order valence-electron chi connectivity index (χ1n) is 12.4. The second-order valence-electron chi connectivity index (χ2n) is 10.1. The molecule has 0 aliphatic rings. The minimum atomic E-state index is -3.92. The van der Waals surface area contributed by atoms with Crippen LogP contribution in [-0.4, -0.2) is 38.5 Å². The first-order valence-corrected chi connectivity index (χ1v) is 16.1. The van der Waals surface area contributed by atoms with Gasteiger partial charge in [-0.25, -0.2) is 16.8 Å². The molecule has 0 bridgehead atoms. The Kier molecular flexibility index (Phi) is 14.4. The molecular formula is C32H32O6S2Zr2. The summed E-state index contributed by atoms with van der Waals surface area (Å²) >= 11 is 0. The molecule has 6 nitrogen and oxygen atoms in total. The number of hydrogen-bond donors (Lipinski definition) is 0. The molecule has 0 aliphatic heterocycles. The summed E-state index contributed by atoms with van der Waals surface area (Å²) in [5.74, 6) is 0. The summed E-state index contributed by atoms with van der Waals surface area (Å²) in [6.45, 7) is 8.56. The maximum atomic E-state index is 9.08. The van der Waals surface area contributed by atoms with Crippen LogP contribution in [0.1, 0.15) is 22.3 Å². The van der Waals surface area contributed by atoms with Crippen molar-refractivity contribution in [3.05, 3.63) is 107 Å². The van der Waals surface area contributed by atoms with Crippen LogP contribution in [0.3, 0.4) is 0 Å². The van der Waals surface area contributed by atoms with Gasteiger partial charge in [0, 0.05) is 12.5 Å². The Balaban J connectivity index is 0.000000310. The van der Waals surface area contributed by atoms with E-state index in [1.54, 1.807) is 0 Å². The van der Waals surface area contributed by atoms with Gasteiger partial charge in [0.2, 0.25) is 0 Å². The Hall–Kier alpha value is -1.79. The Bertz CT molecular complexity index is 1750. The fourth-order valence-corrected chi connectivity index (χ4v) is 4.52. The van der Waals surface area contributed by atoms with Gasteiger partial charge in [0.25, 0.3) is 0 Å². The van der Waals surface area contributed by atoms with Gasteiger partial charge in [-0.05, 0) is 27.7 Å². The van der Waals surface area contributed by atoms with E-state index in [1.165, 1.54) is 65.3 Å². The molecule has 0 aromatic heterocycles. The molecule has 0 aliphatic carbocycles. The SMILES string of the molecule is CS(=O)(=O)[O-].CS(=O)(=O)[O-].Cc1ccc2c(c1)[cH-]c1cc(C)ccc12.Cc1ccc2c(c1)[cH-]c1cc(C)ccc12.[Zr+2].[Zr+2]. The van der Waals surface area contributed by atoms with Gasteiger partial charge in [0.1, 0.15) is 0 Å². The van der Waals surface area contributed by atoms with E-state index in [1.807, 2.05) is 0 Å². The number of benzene rings is 4. The number of aryl methyl sites for hydroxylation is 4. The zero-order valence-corrected chi connectivity index (χ0v) is 30.9. The monoisotopic (exact) mass is 756 g/mol. The zero-order chi connectivity index (χ0) is 29.8. The van der Waals surface area contributed by atoms with Gasteiger partial charge in [0.15, 0.2) is 0 Å². The number of fused-ring (bicyclic) bond motifs is 6. The van der Waals surface area contributed by atoms with Gasteiger partial charge >= 0.3 is 52.4 Å². The predicted octanol–water partition coefficient (Wildman–Crippen LogP) is 6.98. The van der Waals surface area contributed by atoms with Crippen molar-refractivity contribution < 1.29 is 78.3 Å². The third-order valence-corrected chi connectivity index (χ3v) is 6.03. The quantitative estimate of drug-likeness (QED) is 0.122. The van der Waals surface area contributed by atoms with Gasteiger partial charge < -0.3 is 9.11 Å². The van der Waals surface area contributed by atoms with Crippen molar-refractivity contribution in [2.24, 2.45) is 0 Å². The molecule has 10 heteroatoms. The van der Waals surface area contributed by atoms with Crippen LogP contribution in [0, 0.1) is 27.7 Å². The van der Waals surface area contributed by atoms with Crippen molar-refractivity contribution >= 4 is 63.3 Å². The number of hydrogen-bond acceptors (Lipinski definition) is 6. The number of rotatable bonds is 0. The van der Waals surface area contributed by atoms with Crippen molar-refractivity contribution in [3.8, 4) is 0 Å². The first kappa shape index (κ1) is 38.2. The third-order valence-electron chi connectivity index (χ3n) is 6.03. The van der Waals surface area contributed by atoms with Crippen molar-refractivity contribution in [2.75, 3.05) is 12.5 Å². The molecule has 42 heavy (non-hydrogen) atoms. The van der Waals surface area contributed by atoms with Crippen LogP contribution in [0.15, 0.2) is 84.9 Å². The Morgan fingerprint density at radius 3 is 0.786 bits per heavy atom.